The highest BCUT2D eigenvalue weighted by molar-refractivity contribution is 5.55. The molecule has 3 saturated heterocycles. The maximum atomic E-state index is 11.1. The van der Waals surface area contributed by atoms with Crippen molar-refractivity contribution in [3.05, 3.63) is 54.1 Å². The molecule has 2 aromatic rings. The molecule has 0 aliphatic carbocycles. The third-order valence-corrected chi connectivity index (χ3v) is 5.41. The van der Waals surface area contributed by atoms with Crippen LogP contribution in [0.3, 0.4) is 0 Å². The molecular weight excluding hydrogens is 336 g/mol. The van der Waals surface area contributed by atoms with Gasteiger partial charge in [-0.15, -0.1) is 0 Å². The molecule has 3 aliphatic heterocycles. The van der Waals surface area contributed by atoms with E-state index in [9.17, 15) is 5.11 Å². The Kier molecular flexibility index (Phi) is 4.77. The number of aliphatic hydroxyl groups is 1. The van der Waals surface area contributed by atoms with Gasteiger partial charge in [0.25, 0.3) is 0 Å². The lowest BCUT2D eigenvalue weighted by atomic mass is 9.75. The molecule has 3 aliphatic rings. The largest absolute Gasteiger partial charge is 0.376 e. The van der Waals surface area contributed by atoms with Gasteiger partial charge in [-0.25, -0.2) is 4.98 Å². The van der Waals surface area contributed by atoms with Gasteiger partial charge in [0.15, 0.2) is 0 Å². The third kappa shape index (κ3) is 3.78. The van der Waals surface area contributed by atoms with Crippen LogP contribution < -0.4 is 0 Å². The van der Waals surface area contributed by atoms with Crippen molar-refractivity contribution < 1.29 is 5.11 Å². The molecule has 138 valence electrons. The van der Waals surface area contributed by atoms with Crippen LogP contribution in [-0.4, -0.2) is 50.2 Å². The normalized spacial score (nSPS) is 26.3. The van der Waals surface area contributed by atoms with Gasteiger partial charge >= 0.3 is 0 Å². The van der Waals surface area contributed by atoms with Crippen LogP contribution >= 0.6 is 0 Å². The lowest BCUT2D eigenvalue weighted by molar-refractivity contribution is -0.0713. The zero-order valence-corrected chi connectivity index (χ0v) is 15.6. The van der Waals surface area contributed by atoms with Crippen LogP contribution in [0.4, 0.5) is 0 Å². The lowest BCUT2D eigenvalue weighted by Gasteiger charge is -2.47. The predicted molar refractivity (Wildman–Crippen MR) is 105 cm³/mol. The van der Waals surface area contributed by atoms with E-state index in [4.69, 9.17) is 4.98 Å². The number of rotatable bonds is 3. The topological polar surface area (TPSA) is 62.1 Å². The minimum absolute atomic E-state index is 0.270. The second-order valence-corrected chi connectivity index (χ2v) is 7.64. The van der Waals surface area contributed by atoms with Crippen LogP contribution in [0.15, 0.2) is 42.9 Å². The molecule has 5 nitrogen and oxygen atoms in total. The van der Waals surface area contributed by atoms with Gasteiger partial charge in [-0.05, 0) is 45.0 Å². The van der Waals surface area contributed by atoms with Crippen molar-refractivity contribution in [2.45, 2.75) is 31.8 Å². The van der Waals surface area contributed by atoms with E-state index >= 15 is 0 Å². The van der Waals surface area contributed by atoms with E-state index in [0.717, 1.165) is 54.1 Å². The quantitative estimate of drug-likeness (QED) is 0.673. The fourth-order valence-electron chi connectivity index (χ4n) is 3.97. The van der Waals surface area contributed by atoms with Gasteiger partial charge in [0, 0.05) is 36.8 Å². The molecule has 1 atom stereocenters. The van der Waals surface area contributed by atoms with Gasteiger partial charge in [0.2, 0.25) is 0 Å². The highest BCUT2D eigenvalue weighted by Gasteiger charge is 2.44. The summed E-state index contributed by atoms with van der Waals surface area (Å²) in [5.74, 6) is 6.68. The summed E-state index contributed by atoms with van der Waals surface area (Å²) in [7, 11) is 0. The standard InChI is InChI=1S/C22H24N4O/c1-16(2)13-20-17(3-4-19(25-20)21-14-23-9-10-24-21)5-8-22(27)15-26-11-6-18(22)7-12-26/h3-4,9-10,14,18,27H,1,6-7,11-13,15H2,2H3. The van der Waals surface area contributed by atoms with E-state index in [2.05, 4.69) is 33.3 Å². The van der Waals surface area contributed by atoms with E-state index in [1.165, 1.54) is 0 Å². The average molecular weight is 360 g/mol. The van der Waals surface area contributed by atoms with E-state index in [-0.39, 0.29) is 5.92 Å². The van der Waals surface area contributed by atoms with E-state index < -0.39 is 5.60 Å². The highest BCUT2D eigenvalue weighted by Crippen LogP contribution is 2.35. The minimum atomic E-state index is -0.916. The Morgan fingerprint density at radius 2 is 2.11 bits per heavy atom. The Balaban J connectivity index is 1.67. The fourth-order valence-corrected chi connectivity index (χ4v) is 3.97. The molecule has 1 unspecified atom stereocenters. The van der Waals surface area contributed by atoms with Gasteiger partial charge in [-0.1, -0.05) is 24.0 Å². The summed E-state index contributed by atoms with van der Waals surface area (Å²) < 4.78 is 0. The summed E-state index contributed by atoms with van der Waals surface area (Å²) in [6, 6.07) is 3.88. The number of piperidine rings is 3. The Bertz CT molecular complexity index is 907. The van der Waals surface area contributed by atoms with E-state index in [1.807, 2.05) is 19.1 Å². The monoisotopic (exact) mass is 360 g/mol. The van der Waals surface area contributed by atoms with Crippen molar-refractivity contribution >= 4 is 0 Å². The number of hydrogen-bond acceptors (Lipinski definition) is 5. The summed E-state index contributed by atoms with van der Waals surface area (Å²) in [4.78, 5) is 15.5. The lowest BCUT2D eigenvalue weighted by Crippen LogP contribution is -2.58. The molecular formula is C22H24N4O. The SMILES string of the molecule is C=C(C)Cc1nc(-c2cnccn2)ccc1C#CC1(O)CN2CCC1CC2. The summed E-state index contributed by atoms with van der Waals surface area (Å²) in [5.41, 5.74) is 3.31. The molecule has 2 aromatic heterocycles. The maximum absolute atomic E-state index is 11.1. The van der Waals surface area contributed by atoms with E-state index in [1.54, 1.807) is 18.6 Å². The molecule has 0 saturated carbocycles. The summed E-state index contributed by atoms with van der Waals surface area (Å²) >= 11 is 0. The molecule has 0 spiro atoms. The first-order valence-corrected chi connectivity index (χ1v) is 9.42. The Hall–Kier alpha value is -2.55. The average Bonchev–Trinajstić information content (AvgIpc) is 2.68. The second-order valence-electron chi connectivity index (χ2n) is 7.64. The smallest absolute Gasteiger partial charge is 0.141 e. The van der Waals surface area contributed by atoms with Crippen LogP contribution in [0.25, 0.3) is 11.4 Å². The van der Waals surface area contributed by atoms with Crippen molar-refractivity contribution in [2.24, 2.45) is 5.92 Å². The first-order chi connectivity index (χ1) is 13.0. The van der Waals surface area contributed by atoms with Crippen LogP contribution in [0.5, 0.6) is 0 Å². The van der Waals surface area contributed by atoms with Crippen molar-refractivity contribution in [3.63, 3.8) is 0 Å². The van der Waals surface area contributed by atoms with Crippen LogP contribution in [0.1, 0.15) is 31.0 Å². The Morgan fingerprint density at radius 1 is 1.30 bits per heavy atom. The van der Waals surface area contributed by atoms with E-state index in [0.29, 0.717) is 13.0 Å². The number of fused-ring (bicyclic) bond motifs is 3. The molecule has 5 heterocycles. The first kappa shape index (κ1) is 17.8. The molecule has 0 amide bonds. The number of nitrogens with zero attached hydrogens (tertiary/aromatic N) is 4. The van der Waals surface area contributed by atoms with Crippen LogP contribution in [0.2, 0.25) is 0 Å². The number of pyridine rings is 1. The third-order valence-electron chi connectivity index (χ3n) is 5.41. The minimum Gasteiger partial charge on any atom is -0.376 e. The van der Waals surface area contributed by atoms with Crippen molar-refractivity contribution in [2.75, 3.05) is 19.6 Å². The van der Waals surface area contributed by atoms with Gasteiger partial charge < -0.3 is 5.11 Å². The Morgan fingerprint density at radius 3 is 2.74 bits per heavy atom. The second kappa shape index (κ2) is 7.22. The zero-order chi connectivity index (χ0) is 18.9. The Labute approximate surface area is 160 Å². The molecule has 0 radical (unpaired) electrons. The maximum Gasteiger partial charge on any atom is 0.141 e. The summed E-state index contributed by atoms with van der Waals surface area (Å²) in [6.45, 7) is 8.79. The molecule has 1 N–H and O–H groups in total. The van der Waals surface area contributed by atoms with Crippen molar-refractivity contribution in [1.82, 2.24) is 19.9 Å². The van der Waals surface area contributed by atoms with Crippen molar-refractivity contribution in [3.8, 4) is 23.2 Å². The molecule has 0 aromatic carbocycles. The van der Waals surface area contributed by atoms with Crippen LogP contribution in [-0.2, 0) is 6.42 Å². The zero-order valence-electron chi connectivity index (χ0n) is 15.6. The fraction of sp³-hybridized carbons (Fsp3) is 0.409. The molecule has 5 rings (SSSR count). The van der Waals surface area contributed by atoms with Crippen LogP contribution in [0, 0.1) is 17.8 Å². The number of allylic oxidation sites excluding steroid dienone is 1. The van der Waals surface area contributed by atoms with Gasteiger partial charge in [0.05, 0.1) is 17.6 Å². The summed E-state index contributed by atoms with van der Waals surface area (Å²) in [6.07, 6.45) is 7.69. The van der Waals surface area contributed by atoms with Crippen molar-refractivity contribution in [1.29, 1.82) is 0 Å². The highest BCUT2D eigenvalue weighted by atomic mass is 16.3. The number of hydrogen-bond donors (Lipinski definition) is 1. The molecule has 2 bridgehead atoms. The molecule has 27 heavy (non-hydrogen) atoms. The molecule has 3 fully saturated rings. The molecule has 5 heteroatoms. The number of aromatic nitrogens is 3. The van der Waals surface area contributed by atoms with Gasteiger partial charge in [0.1, 0.15) is 11.3 Å². The predicted octanol–water partition coefficient (Wildman–Crippen LogP) is 2.47. The van der Waals surface area contributed by atoms with Gasteiger partial charge in [-0.3, -0.25) is 14.9 Å². The first-order valence-electron chi connectivity index (χ1n) is 9.42. The van der Waals surface area contributed by atoms with Gasteiger partial charge in [-0.2, -0.15) is 0 Å². The summed E-state index contributed by atoms with van der Waals surface area (Å²) in [5, 5.41) is 11.1.